The number of carbonyl (C=O) groups excluding carboxylic acids is 1. The zero-order chi connectivity index (χ0) is 19.3. The van der Waals surface area contributed by atoms with Crippen molar-refractivity contribution in [3.05, 3.63) is 70.8 Å². The third-order valence-electron chi connectivity index (χ3n) is 5.10. The maximum atomic E-state index is 12.3. The van der Waals surface area contributed by atoms with Crippen molar-refractivity contribution in [2.45, 2.75) is 6.54 Å². The van der Waals surface area contributed by atoms with E-state index in [-0.39, 0.29) is 5.91 Å². The zero-order valence-electron chi connectivity index (χ0n) is 15.6. The minimum atomic E-state index is -0.0164. The van der Waals surface area contributed by atoms with Crippen molar-refractivity contribution >= 4 is 38.4 Å². The van der Waals surface area contributed by atoms with Crippen LogP contribution in [0.25, 0.3) is 10.8 Å². The first kappa shape index (κ1) is 19.1. The molecule has 1 N–H and O–H groups in total. The van der Waals surface area contributed by atoms with Gasteiger partial charge in [0.2, 0.25) is 5.91 Å². The number of nitrogens with one attached hydrogen (secondary N) is 1. The normalized spacial score (nSPS) is 15.6. The summed E-state index contributed by atoms with van der Waals surface area (Å²) in [7, 11) is 0. The number of piperazine rings is 1. The van der Waals surface area contributed by atoms with Gasteiger partial charge in [-0.15, -0.1) is 0 Å². The lowest BCUT2D eigenvalue weighted by Gasteiger charge is -2.34. The molecule has 0 spiro atoms. The molecule has 1 saturated heterocycles. The lowest BCUT2D eigenvalue weighted by atomic mass is 10.0. The maximum absolute atomic E-state index is 12.3. The number of rotatable bonds is 5. The molecule has 5 nitrogen and oxygen atoms in total. The van der Waals surface area contributed by atoms with Crippen LogP contribution in [0.1, 0.15) is 5.56 Å². The summed E-state index contributed by atoms with van der Waals surface area (Å²) in [5, 5.41) is 5.48. The molecule has 6 heteroatoms. The van der Waals surface area contributed by atoms with E-state index in [9.17, 15) is 4.79 Å². The average Bonchev–Trinajstić information content (AvgIpc) is 2.71. The van der Waals surface area contributed by atoms with Crippen molar-refractivity contribution in [2.24, 2.45) is 0 Å². The van der Waals surface area contributed by atoms with Crippen molar-refractivity contribution < 1.29 is 4.79 Å². The summed E-state index contributed by atoms with van der Waals surface area (Å²) in [5.41, 5.74) is 1.37. The maximum Gasteiger partial charge on any atom is 0.239 e. The highest BCUT2D eigenvalue weighted by molar-refractivity contribution is 9.10. The molecule has 0 bridgehead atoms. The fourth-order valence-electron chi connectivity index (χ4n) is 3.61. The molecule has 1 amide bonds. The van der Waals surface area contributed by atoms with E-state index in [4.69, 9.17) is 0 Å². The smallest absolute Gasteiger partial charge is 0.239 e. The van der Waals surface area contributed by atoms with E-state index in [0.717, 1.165) is 37.2 Å². The van der Waals surface area contributed by atoms with E-state index in [1.54, 1.807) is 12.3 Å². The third kappa shape index (κ3) is 4.76. The molecule has 0 atom stereocenters. The number of hydrogen-bond acceptors (Lipinski definition) is 4. The first-order chi connectivity index (χ1) is 13.7. The summed E-state index contributed by atoms with van der Waals surface area (Å²) in [6.07, 6.45) is 1.68. The molecule has 1 aromatic heterocycles. The van der Waals surface area contributed by atoms with Gasteiger partial charge in [0.25, 0.3) is 0 Å². The van der Waals surface area contributed by atoms with Crippen molar-refractivity contribution in [1.29, 1.82) is 0 Å². The first-order valence-corrected chi connectivity index (χ1v) is 10.3. The summed E-state index contributed by atoms with van der Waals surface area (Å²) in [6.45, 7) is 5.07. The van der Waals surface area contributed by atoms with E-state index in [0.29, 0.717) is 12.4 Å². The highest BCUT2D eigenvalue weighted by Crippen LogP contribution is 2.20. The van der Waals surface area contributed by atoms with E-state index in [1.807, 2.05) is 6.07 Å². The molecule has 0 aliphatic carbocycles. The Labute approximate surface area is 173 Å². The van der Waals surface area contributed by atoms with Gasteiger partial charge >= 0.3 is 0 Å². The standard InChI is InChI=1S/C22H23BrN4O/c23-19-8-9-21(24-14-19)25-22(28)16-27-12-10-26(11-13-27)15-18-6-3-5-17-4-1-2-7-20(17)18/h1-9,14H,10-13,15-16H2,(H,24,25,28). The predicted octanol–water partition coefficient (Wildman–Crippen LogP) is 3.75. The molecular formula is C22H23BrN4O. The van der Waals surface area contributed by atoms with Gasteiger partial charge in [0.05, 0.1) is 6.54 Å². The second-order valence-corrected chi connectivity index (χ2v) is 8.02. The largest absolute Gasteiger partial charge is 0.310 e. The molecule has 1 aliphatic rings. The number of amides is 1. The number of pyridine rings is 1. The van der Waals surface area contributed by atoms with Crippen molar-refractivity contribution in [3.8, 4) is 0 Å². The van der Waals surface area contributed by atoms with Crippen molar-refractivity contribution in [3.63, 3.8) is 0 Å². The van der Waals surface area contributed by atoms with Gasteiger partial charge in [-0.25, -0.2) is 4.98 Å². The first-order valence-electron chi connectivity index (χ1n) is 9.50. The highest BCUT2D eigenvalue weighted by atomic mass is 79.9. The van der Waals surface area contributed by atoms with Gasteiger partial charge in [0, 0.05) is 43.4 Å². The summed E-state index contributed by atoms with van der Waals surface area (Å²) in [6, 6.07) is 18.7. The lowest BCUT2D eigenvalue weighted by molar-refractivity contribution is -0.117. The lowest BCUT2D eigenvalue weighted by Crippen LogP contribution is -2.48. The van der Waals surface area contributed by atoms with Crippen LogP contribution in [0.4, 0.5) is 5.82 Å². The van der Waals surface area contributed by atoms with Gasteiger partial charge in [-0.3, -0.25) is 14.6 Å². The summed E-state index contributed by atoms with van der Waals surface area (Å²) in [5.74, 6) is 0.570. The number of nitrogens with zero attached hydrogens (tertiary/aromatic N) is 3. The Morgan fingerprint density at radius 3 is 2.50 bits per heavy atom. The predicted molar refractivity (Wildman–Crippen MR) is 116 cm³/mol. The van der Waals surface area contributed by atoms with E-state index < -0.39 is 0 Å². The molecule has 0 radical (unpaired) electrons. The molecule has 4 rings (SSSR count). The molecule has 1 aliphatic heterocycles. The van der Waals surface area contributed by atoms with E-state index in [2.05, 4.69) is 78.5 Å². The van der Waals surface area contributed by atoms with E-state index >= 15 is 0 Å². The van der Waals surface area contributed by atoms with Crippen LogP contribution in [0.3, 0.4) is 0 Å². The van der Waals surface area contributed by atoms with Crippen molar-refractivity contribution in [1.82, 2.24) is 14.8 Å². The Morgan fingerprint density at radius 1 is 0.964 bits per heavy atom. The zero-order valence-corrected chi connectivity index (χ0v) is 17.2. The van der Waals surface area contributed by atoms with Crippen LogP contribution in [-0.4, -0.2) is 53.4 Å². The number of carbonyl (C=O) groups is 1. The summed E-state index contributed by atoms with van der Waals surface area (Å²) in [4.78, 5) is 21.1. The van der Waals surface area contributed by atoms with Crippen LogP contribution in [0.2, 0.25) is 0 Å². The number of hydrogen-bond donors (Lipinski definition) is 1. The fourth-order valence-corrected chi connectivity index (χ4v) is 3.85. The molecule has 144 valence electrons. The van der Waals surface area contributed by atoms with Gasteiger partial charge in [0.1, 0.15) is 5.82 Å². The molecule has 1 fully saturated rings. The Morgan fingerprint density at radius 2 is 1.71 bits per heavy atom. The second kappa shape index (κ2) is 8.82. The SMILES string of the molecule is O=C(CN1CCN(Cc2cccc3ccccc23)CC1)Nc1ccc(Br)cn1. The monoisotopic (exact) mass is 438 g/mol. The van der Waals surface area contributed by atoms with Crippen LogP contribution in [0, 0.1) is 0 Å². The highest BCUT2D eigenvalue weighted by Gasteiger charge is 2.19. The molecule has 28 heavy (non-hydrogen) atoms. The van der Waals surface area contributed by atoms with Crippen molar-refractivity contribution in [2.75, 3.05) is 38.0 Å². The Kier molecular flexibility index (Phi) is 6.00. The molecule has 2 aromatic carbocycles. The minimum absolute atomic E-state index is 0.0164. The fraction of sp³-hybridized carbons (Fsp3) is 0.273. The second-order valence-electron chi connectivity index (χ2n) is 7.10. The molecular weight excluding hydrogens is 416 g/mol. The van der Waals surface area contributed by atoms with Crippen LogP contribution >= 0.6 is 15.9 Å². The van der Waals surface area contributed by atoms with Gasteiger partial charge in [-0.1, -0.05) is 42.5 Å². The molecule has 0 unspecified atom stereocenters. The van der Waals surface area contributed by atoms with Gasteiger partial charge in [-0.2, -0.15) is 0 Å². The molecule has 3 aromatic rings. The van der Waals surface area contributed by atoms with Gasteiger partial charge in [-0.05, 0) is 44.4 Å². The average molecular weight is 439 g/mol. The number of anilines is 1. The van der Waals surface area contributed by atoms with Crippen LogP contribution in [0.5, 0.6) is 0 Å². The molecule has 2 heterocycles. The molecule has 0 saturated carbocycles. The Hall–Kier alpha value is -2.28. The number of aromatic nitrogens is 1. The number of benzene rings is 2. The minimum Gasteiger partial charge on any atom is -0.310 e. The van der Waals surface area contributed by atoms with Crippen LogP contribution in [0.15, 0.2) is 65.3 Å². The topological polar surface area (TPSA) is 48.5 Å². The third-order valence-corrected chi connectivity index (χ3v) is 5.57. The van der Waals surface area contributed by atoms with Crippen LogP contribution in [-0.2, 0) is 11.3 Å². The summed E-state index contributed by atoms with van der Waals surface area (Å²) >= 11 is 3.35. The Balaban J connectivity index is 1.28. The van der Waals surface area contributed by atoms with Gasteiger partial charge in [0.15, 0.2) is 0 Å². The Bertz CT molecular complexity index is 947. The summed E-state index contributed by atoms with van der Waals surface area (Å²) < 4.78 is 0.896. The van der Waals surface area contributed by atoms with E-state index in [1.165, 1.54) is 16.3 Å². The number of halogens is 1. The van der Waals surface area contributed by atoms with Crippen LogP contribution < -0.4 is 5.32 Å². The quantitative estimate of drug-likeness (QED) is 0.658. The van der Waals surface area contributed by atoms with Gasteiger partial charge < -0.3 is 5.32 Å². The number of fused-ring (bicyclic) bond motifs is 1.